The lowest BCUT2D eigenvalue weighted by Crippen LogP contribution is -2.21. The van der Waals surface area contributed by atoms with Crippen molar-refractivity contribution in [3.8, 4) is 5.75 Å². The normalized spacial score (nSPS) is 10.9. The van der Waals surface area contributed by atoms with Crippen LogP contribution in [0.3, 0.4) is 0 Å². The molecule has 1 aromatic carbocycles. The number of rotatable bonds is 5. The van der Waals surface area contributed by atoms with E-state index in [1.165, 1.54) is 6.92 Å². The molecular formula is C15H11F4NO4. The highest BCUT2D eigenvalue weighted by molar-refractivity contribution is 5.96. The molecule has 24 heavy (non-hydrogen) atoms. The first-order valence-corrected chi connectivity index (χ1v) is 6.63. The van der Waals surface area contributed by atoms with E-state index < -0.39 is 51.9 Å². The Labute approximate surface area is 132 Å². The van der Waals surface area contributed by atoms with Crippen LogP contribution >= 0.6 is 0 Å². The summed E-state index contributed by atoms with van der Waals surface area (Å²) < 4.78 is 62.1. The number of aromatic nitrogens is 1. The van der Waals surface area contributed by atoms with Gasteiger partial charge in [-0.15, -0.1) is 0 Å². The molecule has 0 radical (unpaired) electrons. The smallest absolute Gasteiger partial charge is 0.387 e. The Hall–Kier alpha value is -2.84. The standard InChI is InChI=1S/C15H11F4NO4/c1-3-20-6-8(14(22)23-4-2)12(21)7-5-9(16)10(17)13(11(7)20)24-15(18)19/h3,5-6,15H,1,4H2,2H3. The van der Waals surface area contributed by atoms with Crippen molar-refractivity contribution in [1.29, 1.82) is 0 Å². The molecule has 1 heterocycles. The molecule has 0 amide bonds. The molecule has 0 aliphatic heterocycles. The van der Waals surface area contributed by atoms with Gasteiger partial charge in [-0.2, -0.15) is 13.2 Å². The van der Waals surface area contributed by atoms with Gasteiger partial charge in [0.1, 0.15) is 11.1 Å². The summed E-state index contributed by atoms with van der Waals surface area (Å²) in [5.41, 5.74) is -1.99. The van der Waals surface area contributed by atoms with E-state index in [1.54, 1.807) is 0 Å². The summed E-state index contributed by atoms with van der Waals surface area (Å²) in [5, 5.41) is -0.532. The Kier molecular flexibility index (Phi) is 4.91. The van der Waals surface area contributed by atoms with E-state index in [9.17, 15) is 27.2 Å². The van der Waals surface area contributed by atoms with Crippen molar-refractivity contribution in [3.05, 3.63) is 46.3 Å². The van der Waals surface area contributed by atoms with Crippen LogP contribution in [0.1, 0.15) is 17.3 Å². The molecule has 0 aliphatic carbocycles. The molecule has 0 saturated heterocycles. The third-order valence-corrected chi connectivity index (χ3v) is 3.06. The summed E-state index contributed by atoms with van der Waals surface area (Å²) in [5.74, 6) is -5.43. The topological polar surface area (TPSA) is 57.5 Å². The summed E-state index contributed by atoms with van der Waals surface area (Å²) in [6, 6.07) is 0.494. The third kappa shape index (κ3) is 2.97. The zero-order valence-electron chi connectivity index (χ0n) is 12.3. The SMILES string of the molecule is C=Cn1cc(C(=O)OCC)c(=O)c2cc(F)c(F)c(OC(F)F)c21. The number of ether oxygens (including phenoxy) is 2. The molecule has 0 fully saturated rings. The Morgan fingerprint density at radius 3 is 2.62 bits per heavy atom. The van der Waals surface area contributed by atoms with E-state index in [1.807, 2.05) is 0 Å². The highest BCUT2D eigenvalue weighted by Crippen LogP contribution is 2.31. The van der Waals surface area contributed by atoms with E-state index in [0.29, 0.717) is 6.07 Å². The summed E-state index contributed by atoms with van der Waals surface area (Å²) in [7, 11) is 0. The Morgan fingerprint density at radius 2 is 2.08 bits per heavy atom. The molecule has 2 rings (SSSR count). The van der Waals surface area contributed by atoms with Crippen LogP contribution < -0.4 is 10.2 Å². The minimum absolute atomic E-state index is 0.0259. The van der Waals surface area contributed by atoms with Crippen LogP contribution in [-0.2, 0) is 4.74 Å². The molecule has 5 nitrogen and oxygen atoms in total. The number of nitrogens with zero attached hydrogens (tertiary/aromatic N) is 1. The number of fused-ring (bicyclic) bond motifs is 1. The van der Waals surface area contributed by atoms with Crippen molar-refractivity contribution in [2.75, 3.05) is 6.61 Å². The van der Waals surface area contributed by atoms with Crippen molar-refractivity contribution in [2.24, 2.45) is 0 Å². The summed E-state index contributed by atoms with van der Waals surface area (Å²) in [6.45, 7) is 1.41. The lowest BCUT2D eigenvalue weighted by atomic mass is 10.1. The van der Waals surface area contributed by atoms with Gasteiger partial charge in [0, 0.05) is 12.4 Å². The fourth-order valence-electron chi connectivity index (χ4n) is 2.12. The van der Waals surface area contributed by atoms with E-state index in [0.717, 1.165) is 17.0 Å². The van der Waals surface area contributed by atoms with Crippen LogP contribution in [0, 0.1) is 11.6 Å². The largest absolute Gasteiger partial charge is 0.462 e. The average Bonchev–Trinajstić information content (AvgIpc) is 2.52. The highest BCUT2D eigenvalue weighted by atomic mass is 19.3. The fraction of sp³-hybridized carbons (Fsp3) is 0.200. The van der Waals surface area contributed by atoms with Gasteiger partial charge >= 0.3 is 12.6 Å². The van der Waals surface area contributed by atoms with Crippen LogP contribution in [0.25, 0.3) is 17.1 Å². The number of hydrogen-bond donors (Lipinski definition) is 0. The second-order valence-corrected chi connectivity index (χ2v) is 4.46. The number of pyridine rings is 1. The van der Waals surface area contributed by atoms with Crippen molar-refractivity contribution >= 4 is 23.1 Å². The highest BCUT2D eigenvalue weighted by Gasteiger charge is 2.24. The van der Waals surface area contributed by atoms with Crippen molar-refractivity contribution < 1.29 is 31.8 Å². The molecule has 9 heteroatoms. The van der Waals surface area contributed by atoms with Crippen LogP contribution in [0.15, 0.2) is 23.6 Å². The van der Waals surface area contributed by atoms with Crippen LogP contribution in [0.2, 0.25) is 0 Å². The van der Waals surface area contributed by atoms with E-state index in [-0.39, 0.29) is 6.61 Å². The predicted octanol–water partition coefficient (Wildman–Crippen LogP) is 3.16. The van der Waals surface area contributed by atoms with E-state index >= 15 is 0 Å². The minimum Gasteiger partial charge on any atom is -0.462 e. The maximum atomic E-state index is 13.8. The number of esters is 1. The van der Waals surface area contributed by atoms with Gasteiger partial charge in [0.25, 0.3) is 0 Å². The van der Waals surface area contributed by atoms with Gasteiger partial charge in [0.2, 0.25) is 11.2 Å². The van der Waals surface area contributed by atoms with Gasteiger partial charge < -0.3 is 14.0 Å². The Balaban J connectivity index is 2.93. The van der Waals surface area contributed by atoms with E-state index in [2.05, 4.69) is 11.3 Å². The molecule has 0 N–H and O–H groups in total. The number of carbonyl (C=O) groups excluding carboxylic acids is 1. The van der Waals surface area contributed by atoms with Crippen LogP contribution in [0.5, 0.6) is 5.75 Å². The third-order valence-electron chi connectivity index (χ3n) is 3.06. The van der Waals surface area contributed by atoms with Gasteiger partial charge in [-0.3, -0.25) is 4.79 Å². The van der Waals surface area contributed by atoms with Gasteiger partial charge in [0.05, 0.1) is 12.0 Å². The van der Waals surface area contributed by atoms with Gasteiger partial charge in [0.15, 0.2) is 11.6 Å². The molecule has 1 aromatic heterocycles. The lowest BCUT2D eigenvalue weighted by molar-refractivity contribution is -0.0515. The molecule has 0 unspecified atom stereocenters. The number of halogens is 4. The van der Waals surface area contributed by atoms with Gasteiger partial charge in [-0.25, -0.2) is 9.18 Å². The summed E-state index contributed by atoms with van der Waals surface area (Å²) in [6.07, 6.45) is 1.94. The molecule has 0 bridgehead atoms. The number of alkyl halides is 2. The Morgan fingerprint density at radius 1 is 1.42 bits per heavy atom. The van der Waals surface area contributed by atoms with Gasteiger partial charge in [-0.1, -0.05) is 6.58 Å². The molecule has 0 spiro atoms. The molecule has 0 aliphatic rings. The number of carbonyl (C=O) groups is 1. The van der Waals surface area contributed by atoms with E-state index in [4.69, 9.17) is 4.74 Å². The van der Waals surface area contributed by atoms with Crippen LogP contribution in [-0.4, -0.2) is 23.8 Å². The van der Waals surface area contributed by atoms with Crippen molar-refractivity contribution in [3.63, 3.8) is 0 Å². The summed E-state index contributed by atoms with van der Waals surface area (Å²) >= 11 is 0. The monoisotopic (exact) mass is 345 g/mol. The first kappa shape index (κ1) is 17.5. The molecule has 0 atom stereocenters. The molecule has 0 saturated carbocycles. The molecule has 2 aromatic rings. The number of hydrogen-bond acceptors (Lipinski definition) is 4. The van der Waals surface area contributed by atoms with Crippen molar-refractivity contribution in [2.45, 2.75) is 13.5 Å². The maximum Gasteiger partial charge on any atom is 0.387 e. The van der Waals surface area contributed by atoms with Crippen molar-refractivity contribution in [1.82, 2.24) is 4.57 Å². The molecular weight excluding hydrogens is 334 g/mol. The maximum absolute atomic E-state index is 13.8. The average molecular weight is 345 g/mol. The Bertz CT molecular complexity index is 876. The minimum atomic E-state index is -3.46. The summed E-state index contributed by atoms with van der Waals surface area (Å²) in [4.78, 5) is 24.1. The van der Waals surface area contributed by atoms with Crippen LogP contribution in [0.4, 0.5) is 17.6 Å². The lowest BCUT2D eigenvalue weighted by Gasteiger charge is -2.14. The number of benzene rings is 1. The first-order chi connectivity index (χ1) is 11.3. The quantitative estimate of drug-likeness (QED) is 0.617. The predicted molar refractivity (Wildman–Crippen MR) is 77.1 cm³/mol. The zero-order valence-corrected chi connectivity index (χ0v) is 12.3. The second-order valence-electron chi connectivity index (χ2n) is 4.46. The second kappa shape index (κ2) is 6.73. The van der Waals surface area contributed by atoms with Gasteiger partial charge in [-0.05, 0) is 13.0 Å². The first-order valence-electron chi connectivity index (χ1n) is 6.63. The molecule has 128 valence electrons. The fourth-order valence-corrected chi connectivity index (χ4v) is 2.12. The zero-order chi connectivity index (χ0) is 18.0.